The fourth-order valence-corrected chi connectivity index (χ4v) is 2.51. The number of nitriles is 1. The molecule has 0 N–H and O–H groups in total. The van der Waals surface area contributed by atoms with E-state index >= 15 is 0 Å². The molecule has 110 valence electrons. The van der Waals surface area contributed by atoms with E-state index in [1.54, 1.807) is 4.57 Å². The maximum Gasteiger partial charge on any atom is 0.161 e. The van der Waals surface area contributed by atoms with Gasteiger partial charge in [-0.05, 0) is 13.0 Å². The molecule has 0 saturated heterocycles. The van der Waals surface area contributed by atoms with Gasteiger partial charge >= 0.3 is 0 Å². The zero-order chi connectivity index (χ0) is 15.7. The van der Waals surface area contributed by atoms with Crippen molar-refractivity contribution in [1.29, 1.82) is 5.26 Å². The van der Waals surface area contributed by atoms with Crippen molar-refractivity contribution in [3.05, 3.63) is 53.6 Å². The molecule has 0 amide bonds. The standard InChI is InChI=1S/C17H13F2N3/c1-11-4-2-5-12(8-11)17-21-15-9-13(18)14(19)10-16(15)22(17)7-3-6-20/h2,4-5,8-10H,3,7H2,1H3. The molecular weight excluding hydrogens is 284 g/mol. The smallest absolute Gasteiger partial charge is 0.161 e. The largest absolute Gasteiger partial charge is 0.323 e. The fourth-order valence-electron chi connectivity index (χ4n) is 2.51. The Morgan fingerprint density at radius 3 is 2.68 bits per heavy atom. The lowest BCUT2D eigenvalue weighted by Crippen LogP contribution is -2.00. The molecule has 2 aromatic carbocycles. The average Bonchev–Trinajstić information content (AvgIpc) is 2.83. The van der Waals surface area contributed by atoms with Crippen molar-refractivity contribution < 1.29 is 8.78 Å². The highest BCUT2D eigenvalue weighted by Gasteiger charge is 2.15. The number of aromatic nitrogens is 2. The van der Waals surface area contributed by atoms with E-state index in [0.717, 1.165) is 23.3 Å². The molecule has 0 atom stereocenters. The van der Waals surface area contributed by atoms with E-state index in [1.165, 1.54) is 0 Å². The predicted molar refractivity (Wildman–Crippen MR) is 80.1 cm³/mol. The van der Waals surface area contributed by atoms with Crippen molar-refractivity contribution in [1.82, 2.24) is 9.55 Å². The zero-order valence-electron chi connectivity index (χ0n) is 12.0. The lowest BCUT2D eigenvalue weighted by atomic mass is 10.1. The Balaban J connectivity index is 2.26. The van der Waals surface area contributed by atoms with Crippen LogP contribution >= 0.6 is 0 Å². The van der Waals surface area contributed by atoms with Crippen molar-refractivity contribution >= 4 is 11.0 Å². The summed E-state index contributed by atoms with van der Waals surface area (Å²) in [6, 6.07) is 12.0. The van der Waals surface area contributed by atoms with Gasteiger partial charge < -0.3 is 4.57 Å². The number of hydrogen-bond donors (Lipinski definition) is 0. The number of imidazole rings is 1. The minimum atomic E-state index is -0.923. The van der Waals surface area contributed by atoms with Crippen LogP contribution in [0.4, 0.5) is 8.78 Å². The molecule has 3 rings (SSSR count). The summed E-state index contributed by atoms with van der Waals surface area (Å²) in [4.78, 5) is 4.43. The van der Waals surface area contributed by atoms with Gasteiger partial charge in [-0.1, -0.05) is 23.8 Å². The molecule has 0 saturated carbocycles. The van der Waals surface area contributed by atoms with Crippen LogP contribution in [-0.2, 0) is 6.54 Å². The summed E-state index contributed by atoms with van der Waals surface area (Å²) >= 11 is 0. The quantitative estimate of drug-likeness (QED) is 0.727. The highest BCUT2D eigenvalue weighted by Crippen LogP contribution is 2.27. The summed E-state index contributed by atoms with van der Waals surface area (Å²) in [5.41, 5.74) is 2.79. The summed E-state index contributed by atoms with van der Waals surface area (Å²) in [6.07, 6.45) is 0.267. The highest BCUT2D eigenvalue weighted by molar-refractivity contribution is 5.81. The van der Waals surface area contributed by atoms with E-state index in [0.29, 0.717) is 23.4 Å². The van der Waals surface area contributed by atoms with Crippen LogP contribution < -0.4 is 0 Å². The number of aryl methyl sites for hydroxylation is 2. The first kappa shape index (κ1) is 14.2. The second kappa shape index (κ2) is 5.57. The second-order valence-electron chi connectivity index (χ2n) is 5.12. The van der Waals surface area contributed by atoms with Crippen molar-refractivity contribution in [2.24, 2.45) is 0 Å². The summed E-state index contributed by atoms with van der Waals surface area (Å²) in [6.45, 7) is 2.34. The van der Waals surface area contributed by atoms with E-state index < -0.39 is 11.6 Å². The van der Waals surface area contributed by atoms with Crippen molar-refractivity contribution in [2.45, 2.75) is 19.9 Å². The van der Waals surface area contributed by atoms with Crippen LogP contribution in [-0.4, -0.2) is 9.55 Å². The Morgan fingerprint density at radius 2 is 1.95 bits per heavy atom. The van der Waals surface area contributed by atoms with Crippen LogP contribution in [0, 0.1) is 29.9 Å². The minimum Gasteiger partial charge on any atom is -0.323 e. The van der Waals surface area contributed by atoms with Gasteiger partial charge in [0, 0.05) is 24.2 Å². The van der Waals surface area contributed by atoms with Crippen molar-refractivity contribution in [3.63, 3.8) is 0 Å². The van der Waals surface area contributed by atoms with Crippen molar-refractivity contribution in [3.8, 4) is 17.5 Å². The highest BCUT2D eigenvalue weighted by atomic mass is 19.2. The Hall–Kier alpha value is -2.74. The number of halogens is 2. The molecule has 0 aliphatic heterocycles. The van der Waals surface area contributed by atoms with Gasteiger partial charge in [-0.25, -0.2) is 13.8 Å². The summed E-state index contributed by atoms with van der Waals surface area (Å²) in [5.74, 6) is -1.23. The summed E-state index contributed by atoms with van der Waals surface area (Å²) in [7, 11) is 0. The number of benzene rings is 2. The lowest BCUT2D eigenvalue weighted by molar-refractivity contribution is 0.510. The lowest BCUT2D eigenvalue weighted by Gasteiger charge is -2.08. The van der Waals surface area contributed by atoms with Crippen LogP contribution in [0.2, 0.25) is 0 Å². The Morgan fingerprint density at radius 1 is 1.18 bits per heavy atom. The molecule has 3 aromatic rings. The minimum absolute atomic E-state index is 0.267. The monoisotopic (exact) mass is 297 g/mol. The fraction of sp³-hybridized carbons (Fsp3) is 0.176. The number of fused-ring (bicyclic) bond motifs is 1. The first-order valence-corrected chi connectivity index (χ1v) is 6.89. The third-order valence-corrected chi connectivity index (χ3v) is 3.51. The first-order chi connectivity index (χ1) is 10.6. The molecule has 0 fully saturated rings. The SMILES string of the molecule is Cc1cccc(-c2nc3cc(F)c(F)cc3n2CCC#N)c1. The molecule has 0 spiro atoms. The van der Waals surface area contributed by atoms with E-state index in [-0.39, 0.29) is 6.42 Å². The first-order valence-electron chi connectivity index (χ1n) is 6.89. The van der Waals surface area contributed by atoms with E-state index in [1.807, 2.05) is 31.2 Å². The third-order valence-electron chi connectivity index (χ3n) is 3.51. The van der Waals surface area contributed by atoms with Crippen LogP contribution in [0.3, 0.4) is 0 Å². The van der Waals surface area contributed by atoms with E-state index in [2.05, 4.69) is 11.1 Å². The van der Waals surface area contributed by atoms with Crippen LogP contribution in [0.15, 0.2) is 36.4 Å². The van der Waals surface area contributed by atoms with Crippen LogP contribution in [0.1, 0.15) is 12.0 Å². The Bertz CT molecular complexity index is 891. The molecule has 1 heterocycles. The summed E-state index contributed by atoms with van der Waals surface area (Å²) < 4.78 is 28.7. The molecule has 1 aromatic heterocycles. The molecule has 22 heavy (non-hydrogen) atoms. The van der Waals surface area contributed by atoms with Crippen LogP contribution in [0.5, 0.6) is 0 Å². The second-order valence-corrected chi connectivity index (χ2v) is 5.12. The van der Waals surface area contributed by atoms with E-state index in [4.69, 9.17) is 5.26 Å². The molecule has 0 aliphatic carbocycles. The molecule has 0 unspecified atom stereocenters. The van der Waals surface area contributed by atoms with Gasteiger partial charge in [0.25, 0.3) is 0 Å². The Labute approximate surface area is 126 Å². The van der Waals surface area contributed by atoms with Gasteiger partial charge in [-0.3, -0.25) is 0 Å². The van der Waals surface area contributed by atoms with Gasteiger partial charge in [0.15, 0.2) is 11.6 Å². The molecule has 0 bridgehead atoms. The van der Waals surface area contributed by atoms with Gasteiger partial charge in [-0.15, -0.1) is 0 Å². The van der Waals surface area contributed by atoms with Crippen molar-refractivity contribution in [2.75, 3.05) is 0 Å². The molecule has 5 heteroatoms. The third kappa shape index (κ3) is 2.44. The maximum absolute atomic E-state index is 13.5. The Kier molecular flexibility index (Phi) is 3.60. The van der Waals surface area contributed by atoms with Gasteiger partial charge in [-0.2, -0.15) is 5.26 Å². The number of rotatable bonds is 3. The van der Waals surface area contributed by atoms with Gasteiger partial charge in [0.05, 0.1) is 23.5 Å². The van der Waals surface area contributed by atoms with E-state index in [9.17, 15) is 8.78 Å². The average molecular weight is 297 g/mol. The normalized spacial score (nSPS) is 10.8. The topological polar surface area (TPSA) is 41.6 Å². The number of nitrogens with zero attached hydrogens (tertiary/aromatic N) is 3. The molecular formula is C17H13F2N3. The summed E-state index contributed by atoms with van der Waals surface area (Å²) in [5, 5.41) is 8.82. The number of hydrogen-bond acceptors (Lipinski definition) is 2. The molecule has 0 aliphatic rings. The predicted octanol–water partition coefficient (Wildman–Crippen LogP) is 4.20. The zero-order valence-corrected chi connectivity index (χ0v) is 12.0. The molecule has 3 nitrogen and oxygen atoms in total. The van der Waals surface area contributed by atoms with Gasteiger partial charge in [0.2, 0.25) is 0 Å². The maximum atomic E-state index is 13.5. The van der Waals surface area contributed by atoms with Gasteiger partial charge in [0.1, 0.15) is 5.82 Å². The molecule has 0 radical (unpaired) electrons. The van der Waals surface area contributed by atoms with Crippen LogP contribution in [0.25, 0.3) is 22.4 Å².